The molecule has 1 saturated heterocycles. The van der Waals surface area contributed by atoms with E-state index >= 15 is 0 Å². The quantitative estimate of drug-likeness (QED) is 0.628. The monoisotopic (exact) mass is 373 g/mol. The maximum absolute atomic E-state index is 12.2. The average Bonchev–Trinajstić information content (AvgIpc) is 2.73. The average molecular weight is 374 g/mol. The molecule has 6 nitrogen and oxygen atoms in total. The van der Waals surface area contributed by atoms with Crippen molar-refractivity contribution in [1.29, 1.82) is 0 Å². The zero-order valence-electron chi connectivity index (χ0n) is 12.2. The lowest BCUT2D eigenvalue weighted by molar-refractivity contribution is -0.140. The van der Waals surface area contributed by atoms with Crippen molar-refractivity contribution < 1.29 is 24.2 Å². The molecule has 1 amide bonds. The predicted octanol–water partition coefficient (Wildman–Crippen LogP) is 2.64. The number of ether oxygens (including phenoxy) is 2. The third-order valence-electron chi connectivity index (χ3n) is 2.92. The number of halogens is 1. The first kappa shape index (κ1) is 17.6. The molecule has 0 unspecified atom stereocenters. The maximum atomic E-state index is 12.2. The van der Waals surface area contributed by atoms with E-state index in [-0.39, 0.29) is 4.32 Å². The first-order valence-electron chi connectivity index (χ1n) is 6.26. The molecule has 0 aromatic heterocycles. The van der Waals surface area contributed by atoms with Crippen LogP contribution in [-0.4, -0.2) is 47.0 Å². The van der Waals surface area contributed by atoms with Gasteiger partial charge in [0.2, 0.25) is 0 Å². The highest BCUT2D eigenvalue weighted by molar-refractivity contribution is 8.26. The Hall–Kier alpha value is -1.77. The number of nitrogens with zero attached hydrogens (tertiary/aromatic N) is 1. The summed E-state index contributed by atoms with van der Waals surface area (Å²) in [5.74, 6) is -0.762. The number of carbonyl (C=O) groups excluding carboxylic acids is 1. The number of thiocarbonyl (C=S) groups is 1. The van der Waals surface area contributed by atoms with Gasteiger partial charge in [-0.2, -0.15) is 0 Å². The molecule has 0 atom stereocenters. The minimum Gasteiger partial charge on any atom is -0.493 e. The van der Waals surface area contributed by atoms with E-state index in [9.17, 15) is 9.59 Å². The number of aliphatic carboxylic acids is 1. The fourth-order valence-electron chi connectivity index (χ4n) is 1.94. The number of amides is 1. The molecule has 0 bridgehead atoms. The van der Waals surface area contributed by atoms with Gasteiger partial charge in [0.15, 0.2) is 11.5 Å². The molecule has 0 spiro atoms. The molecule has 1 aliphatic rings. The van der Waals surface area contributed by atoms with Crippen molar-refractivity contribution in [1.82, 2.24) is 4.90 Å². The van der Waals surface area contributed by atoms with E-state index < -0.39 is 18.4 Å². The van der Waals surface area contributed by atoms with Crippen molar-refractivity contribution >= 4 is 57.9 Å². The molecule has 1 N–H and O–H groups in total. The molecule has 0 saturated carbocycles. The third kappa shape index (κ3) is 3.77. The molecule has 9 heteroatoms. The molecule has 2 rings (SSSR count). The van der Waals surface area contributed by atoms with Crippen molar-refractivity contribution in [3.63, 3.8) is 0 Å². The number of thioether (sulfide) groups is 1. The van der Waals surface area contributed by atoms with Crippen molar-refractivity contribution in [3.8, 4) is 11.5 Å². The second-order valence-corrected chi connectivity index (χ2v) is 6.48. The van der Waals surface area contributed by atoms with Crippen LogP contribution in [0.2, 0.25) is 5.02 Å². The van der Waals surface area contributed by atoms with Crippen LogP contribution in [0, 0.1) is 0 Å². The van der Waals surface area contributed by atoms with Crippen molar-refractivity contribution in [2.24, 2.45) is 0 Å². The highest BCUT2D eigenvalue weighted by Gasteiger charge is 2.33. The Morgan fingerprint density at radius 3 is 2.70 bits per heavy atom. The summed E-state index contributed by atoms with van der Waals surface area (Å²) in [6, 6.07) is 3.28. The second kappa shape index (κ2) is 7.20. The highest BCUT2D eigenvalue weighted by Crippen LogP contribution is 2.38. The van der Waals surface area contributed by atoms with E-state index in [1.54, 1.807) is 18.2 Å². The smallest absolute Gasteiger partial charge is 0.323 e. The number of methoxy groups -OCH3 is 2. The maximum Gasteiger partial charge on any atom is 0.323 e. The van der Waals surface area contributed by atoms with E-state index in [2.05, 4.69) is 0 Å². The first-order chi connectivity index (χ1) is 10.9. The standard InChI is InChI=1S/C14H12ClNO5S2/c1-20-9-4-7(3-8(15)12(9)21-2)5-10-13(19)16(6-11(17)18)14(22)23-10/h3-5H,6H2,1-2H3,(H,17,18)/b10-5+. The molecule has 23 heavy (non-hydrogen) atoms. The number of hydrogen-bond donors (Lipinski definition) is 1. The van der Waals surface area contributed by atoms with Gasteiger partial charge in [-0.3, -0.25) is 14.5 Å². The molecule has 1 fully saturated rings. The van der Waals surface area contributed by atoms with Gasteiger partial charge in [0.05, 0.1) is 24.1 Å². The SMILES string of the molecule is COc1cc(/C=C2/SC(=S)N(CC(=O)O)C2=O)cc(Cl)c1OC. The van der Waals surface area contributed by atoms with E-state index in [0.717, 1.165) is 16.7 Å². The zero-order valence-corrected chi connectivity index (χ0v) is 14.5. The summed E-state index contributed by atoms with van der Waals surface area (Å²) < 4.78 is 10.6. The second-order valence-electron chi connectivity index (χ2n) is 4.40. The van der Waals surface area contributed by atoms with Gasteiger partial charge in [-0.1, -0.05) is 35.6 Å². The van der Waals surface area contributed by atoms with Gasteiger partial charge >= 0.3 is 5.97 Å². The Kier molecular flexibility index (Phi) is 5.51. The number of carboxylic acid groups (broad SMARTS) is 1. The summed E-state index contributed by atoms with van der Waals surface area (Å²) in [6.45, 7) is -0.464. The van der Waals surface area contributed by atoms with Crippen molar-refractivity contribution in [2.75, 3.05) is 20.8 Å². The van der Waals surface area contributed by atoms with Gasteiger partial charge in [0.25, 0.3) is 5.91 Å². The molecule has 1 aromatic carbocycles. The Morgan fingerprint density at radius 2 is 2.13 bits per heavy atom. The Morgan fingerprint density at radius 1 is 1.43 bits per heavy atom. The Bertz CT molecular complexity index is 719. The Balaban J connectivity index is 2.36. The molecule has 0 radical (unpaired) electrons. The molecule has 1 aromatic rings. The largest absolute Gasteiger partial charge is 0.493 e. The predicted molar refractivity (Wildman–Crippen MR) is 92.1 cm³/mol. The van der Waals surface area contributed by atoms with Crippen LogP contribution in [0.5, 0.6) is 11.5 Å². The number of carboxylic acids is 1. The van der Waals surface area contributed by atoms with Crippen LogP contribution in [0.15, 0.2) is 17.0 Å². The van der Waals surface area contributed by atoms with Gasteiger partial charge in [-0.05, 0) is 23.8 Å². The van der Waals surface area contributed by atoms with Gasteiger partial charge < -0.3 is 14.6 Å². The number of carbonyl (C=O) groups is 2. The number of rotatable bonds is 5. The fourth-order valence-corrected chi connectivity index (χ4v) is 3.50. The summed E-state index contributed by atoms with van der Waals surface area (Å²) in [5, 5.41) is 9.15. The topological polar surface area (TPSA) is 76.1 Å². The van der Waals surface area contributed by atoms with Gasteiger partial charge in [-0.15, -0.1) is 0 Å². The summed E-state index contributed by atoms with van der Waals surface area (Å²) in [7, 11) is 2.95. The summed E-state index contributed by atoms with van der Waals surface area (Å²) in [5.41, 5.74) is 0.614. The lowest BCUT2D eigenvalue weighted by Gasteiger charge is -2.11. The number of benzene rings is 1. The summed E-state index contributed by atoms with van der Waals surface area (Å²) >= 11 is 12.2. The molecular formula is C14H12ClNO5S2. The molecule has 1 heterocycles. The van der Waals surface area contributed by atoms with E-state index in [0.29, 0.717) is 27.0 Å². The lowest BCUT2D eigenvalue weighted by Crippen LogP contribution is -2.33. The minimum atomic E-state index is -1.13. The lowest BCUT2D eigenvalue weighted by atomic mass is 10.2. The van der Waals surface area contributed by atoms with Crippen LogP contribution in [0.3, 0.4) is 0 Å². The normalized spacial score (nSPS) is 16.1. The fraction of sp³-hybridized carbons (Fsp3) is 0.214. The highest BCUT2D eigenvalue weighted by atomic mass is 35.5. The van der Waals surface area contributed by atoms with Crippen molar-refractivity contribution in [3.05, 3.63) is 27.6 Å². The van der Waals surface area contributed by atoms with Crippen molar-refractivity contribution in [2.45, 2.75) is 0 Å². The minimum absolute atomic E-state index is 0.204. The molecule has 122 valence electrons. The van der Waals surface area contributed by atoms with Gasteiger partial charge in [0.1, 0.15) is 10.9 Å². The van der Waals surface area contributed by atoms with E-state index in [1.165, 1.54) is 14.2 Å². The summed E-state index contributed by atoms with van der Waals surface area (Å²) in [4.78, 5) is 24.4. The van der Waals surface area contributed by atoms with Gasteiger partial charge in [0, 0.05) is 0 Å². The van der Waals surface area contributed by atoms with Crippen LogP contribution in [0.4, 0.5) is 0 Å². The van der Waals surface area contributed by atoms with E-state index in [4.69, 9.17) is 38.4 Å². The summed E-state index contributed by atoms with van der Waals surface area (Å²) in [6.07, 6.45) is 1.58. The zero-order chi connectivity index (χ0) is 17.1. The molecular weight excluding hydrogens is 362 g/mol. The Labute approximate surface area is 147 Å². The molecule has 0 aliphatic carbocycles. The van der Waals surface area contributed by atoms with Crippen LogP contribution in [0.1, 0.15) is 5.56 Å². The third-order valence-corrected chi connectivity index (χ3v) is 4.58. The van der Waals surface area contributed by atoms with Crippen LogP contribution in [-0.2, 0) is 9.59 Å². The number of hydrogen-bond acceptors (Lipinski definition) is 6. The van der Waals surface area contributed by atoms with Crippen LogP contribution in [0.25, 0.3) is 6.08 Å². The van der Waals surface area contributed by atoms with Crippen LogP contribution >= 0.6 is 35.6 Å². The van der Waals surface area contributed by atoms with E-state index in [1.807, 2.05) is 0 Å². The van der Waals surface area contributed by atoms with Gasteiger partial charge in [-0.25, -0.2) is 0 Å². The van der Waals surface area contributed by atoms with Crippen LogP contribution < -0.4 is 9.47 Å². The first-order valence-corrected chi connectivity index (χ1v) is 7.86. The molecule has 1 aliphatic heterocycles.